The third-order valence-corrected chi connectivity index (χ3v) is 2.61. The monoisotopic (exact) mass is 313 g/mol. The third kappa shape index (κ3) is 3.52. The Morgan fingerprint density at radius 3 is 2.38 bits per heavy atom. The van der Waals surface area contributed by atoms with Gasteiger partial charge >= 0.3 is 12.4 Å². The minimum absolute atomic E-state index is 0.0488. The Morgan fingerprint density at radius 1 is 1.14 bits per heavy atom. The molecular weight excluding hydrogens is 304 g/mol. The normalized spacial score (nSPS) is 12.9. The Balaban J connectivity index is 2.39. The first-order valence-electron chi connectivity index (χ1n) is 5.64. The molecule has 0 saturated heterocycles. The van der Waals surface area contributed by atoms with Crippen molar-refractivity contribution in [1.82, 2.24) is 19.9 Å². The molecule has 0 aliphatic rings. The van der Waals surface area contributed by atoms with Crippen molar-refractivity contribution in [1.29, 1.82) is 0 Å². The predicted octanol–water partition coefficient (Wildman–Crippen LogP) is 2.76. The van der Waals surface area contributed by atoms with E-state index in [-0.39, 0.29) is 17.0 Å². The van der Waals surface area contributed by atoms with Crippen LogP contribution in [0.5, 0.6) is 0 Å². The van der Waals surface area contributed by atoms with Gasteiger partial charge in [0.2, 0.25) is 5.82 Å². The van der Waals surface area contributed by atoms with Crippen LogP contribution in [0.15, 0.2) is 6.33 Å². The van der Waals surface area contributed by atoms with Crippen molar-refractivity contribution in [2.45, 2.75) is 18.8 Å². The van der Waals surface area contributed by atoms with E-state index in [4.69, 9.17) is 0 Å². The smallest absolute Gasteiger partial charge is 0.357 e. The van der Waals surface area contributed by atoms with Gasteiger partial charge in [-0.3, -0.25) is 0 Å². The SMILES string of the molecule is CN(CCC(F)(F)F)c1nc(C(F)(F)F)nc2nc[nH]c12. The highest BCUT2D eigenvalue weighted by Crippen LogP contribution is 2.30. The van der Waals surface area contributed by atoms with Crippen LogP contribution in [0.25, 0.3) is 11.2 Å². The number of rotatable bonds is 3. The molecule has 0 radical (unpaired) electrons. The molecule has 2 rings (SSSR count). The van der Waals surface area contributed by atoms with Gasteiger partial charge in [-0.15, -0.1) is 0 Å². The van der Waals surface area contributed by atoms with E-state index in [2.05, 4.69) is 19.9 Å². The molecule has 2 aromatic rings. The van der Waals surface area contributed by atoms with E-state index in [1.54, 1.807) is 0 Å². The molecule has 0 aliphatic heterocycles. The van der Waals surface area contributed by atoms with Crippen LogP contribution < -0.4 is 4.90 Å². The number of halogens is 6. The van der Waals surface area contributed by atoms with Gasteiger partial charge in [-0.2, -0.15) is 26.3 Å². The highest BCUT2D eigenvalue weighted by Gasteiger charge is 2.36. The topological polar surface area (TPSA) is 57.7 Å². The Hall–Kier alpha value is -2.07. The number of hydrogen-bond acceptors (Lipinski definition) is 4. The van der Waals surface area contributed by atoms with Crippen LogP contribution in [0.2, 0.25) is 0 Å². The summed E-state index contributed by atoms with van der Waals surface area (Å²) in [5, 5.41) is 0. The van der Waals surface area contributed by atoms with E-state index in [0.29, 0.717) is 0 Å². The number of hydrogen-bond donors (Lipinski definition) is 1. The van der Waals surface area contributed by atoms with Gasteiger partial charge in [0, 0.05) is 13.6 Å². The molecule has 0 saturated carbocycles. The van der Waals surface area contributed by atoms with Crippen LogP contribution in [-0.2, 0) is 6.18 Å². The van der Waals surface area contributed by atoms with Crippen molar-refractivity contribution in [3.8, 4) is 0 Å². The summed E-state index contributed by atoms with van der Waals surface area (Å²) in [7, 11) is 1.22. The lowest BCUT2D eigenvalue weighted by atomic mass is 10.3. The Morgan fingerprint density at radius 2 is 1.81 bits per heavy atom. The lowest BCUT2D eigenvalue weighted by Crippen LogP contribution is -2.26. The van der Waals surface area contributed by atoms with Gasteiger partial charge in [-0.25, -0.2) is 15.0 Å². The zero-order chi connectivity index (χ0) is 15.8. The highest BCUT2D eigenvalue weighted by molar-refractivity contribution is 5.82. The van der Waals surface area contributed by atoms with Crippen LogP contribution >= 0.6 is 0 Å². The average molecular weight is 313 g/mol. The zero-order valence-electron chi connectivity index (χ0n) is 10.5. The number of imidazole rings is 1. The van der Waals surface area contributed by atoms with E-state index in [9.17, 15) is 26.3 Å². The van der Waals surface area contributed by atoms with Gasteiger partial charge in [0.1, 0.15) is 5.52 Å². The largest absolute Gasteiger partial charge is 0.451 e. The first-order valence-corrected chi connectivity index (χ1v) is 5.64. The first kappa shape index (κ1) is 15.3. The molecule has 0 atom stereocenters. The standard InChI is InChI=1S/C10H9F6N5/c1-21(3-2-9(11,12)13)7-5-6(18-4-17-5)19-8(20-7)10(14,15)16/h4H,2-3H2,1H3,(H,17,18,19,20). The molecule has 0 aromatic carbocycles. The summed E-state index contributed by atoms with van der Waals surface area (Å²) in [6.45, 7) is -0.536. The summed E-state index contributed by atoms with van der Waals surface area (Å²) in [6, 6.07) is 0. The molecule has 0 bridgehead atoms. The lowest BCUT2D eigenvalue weighted by molar-refractivity contribution is -0.144. The molecule has 2 heterocycles. The number of nitrogens with one attached hydrogen (secondary N) is 1. The first-order chi connectivity index (χ1) is 9.58. The van der Waals surface area contributed by atoms with Crippen LogP contribution in [0, 0.1) is 0 Å². The number of anilines is 1. The lowest BCUT2D eigenvalue weighted by Gasteiger charge is -2.20. The van der Waals surface area contributed by atoms with E-state index in [1.807, 2.05) is 0 Å². The van der Waals surface area contributed by atoms with Crippen molar-refractivity contribution >= 4 is 17.0 Å². The van der Waals surface area contributed by atoms with Gasteiger partial charge in [0.25, 0.3) is 0 Å². The molecule has 116 valence electrons. The second-order valence-corrected chi connectivity index (χ2v) is 4.26. The number of alkyl halides is 6. The molecule has 5 nitrogen and oxygen atoms in total. The van der Waals surface area contributed by atoms with Gasteiger partial charge < -0.3 is 9.88 Å². The van der Waals surface area contributed by atoms with Crippen LogP contribution in [0.1, 0.15) is 12.2 Å². The molecule has 1 N–H and O–H groups in total. The molecule has 0 unspecified atom stereocenters. The minimum atomic E-state index is -4.81. The highest BCUT2D eigenvalue weighted by atomic mass is 19.4. The van der Waals surface area contributed by atoms with Crippen LogP contribution in [0.3, 0.4) is 0 Å². The molecule has 2 aromatic heterocycles. The van der Waals surface area contributed by atoms with Crippen molar-refractivity contribution in [2.75, 3.05) is 18.5 Å². The van der Waals surface area contributed by atoms with E-state index in [1.165, 1.54) is 7.05 Å². The maximum atomic E-state index is 12.7. The molecule has 0 amide bonds. The Kier molecular flexibility index (Phi) is 3.68. The van der Waals surface area contributed by atoms with Gasteiger partial charge in [-0.05, 0) is 0 Å². The summed E-state index contributed by atoms with van der Waals surface area (Å²) >= 11 is 0. The molecule has 0 aliphatic carbocycles. The van der Waals surface area contributed by atoms with Crippen molar-refractivity contribution < 1.29 is 26.3 Å². The van der Waals surface area contributed by atoms with Gasteiger partial charge in [0.15, 0.2) is 11.5 Å². The summed E-state index contributed by atoms with van der Waals surface area (Å²) in [6.07, 6.45) is -9.31. The van der Waals surface area contributed by atoms with Crippen molar-refractivity contribution in [3.05, 3.63) is 12.2 Å². The molecule has 0 fully saturated rings. The van der Waals surface area contributed by atoms with Crippen molar-refractivity contribution in [2.24, 2.45) is 0 Å². The number of aromatic amines is 1. The second-order valence-electron chi connectivity index (χ2n) is 4.26. The third-order valence-electron chi connectivity index (χ3n) is 2.61. The Labute approximate surface area is 114 Å². The van der Waals surface area contributed by atoms with E-state index < -0.39 is 31.1 Å². The summed E-state index contributed by atoms with van der Waals surface area (Å²) in [4.78, 5) is 13.6. The number of aromatic nitrogens is 4. The van der Waals surface area contributed by atoms with Crippen LogP contribution in [0.4, 0.5) is 32.2 Å². The molecule has 0 spiro atoms. The number of H-pyrrole nitrogens is 1. The summed E-state index contributed by atoms with van der Waals surface area (Å²) in [5.41, 5.74) is -0.209. The van der Waals surface area contributed by atoms with Gasteiger partial charge in [0.05, 0.1) is 12.7 Å². The van der Waals surface area contributed by atoms with E-state index in [0.717, 1.165) is 11.2 Å². The fourth-order valence-electron chi connectivity index (χ4n) is 1.62. The molecule has 21 heavy (non-hydrogen) atoms. The summed E-state index contributed by atoms with van der Waals surface area (Å²) < 4.78 is 74.6. The summed E-state index contributed by atoms with van der Waals surface area (Å²) in [5.74, 6) is -1.73. The fourth-order valence-corrected chi connectivity index (χ4v) is 1.62. The van der Waals surface area contributed by atoms with Crippen LogP contribution in [-0.4, -0.2) is 39.7 Å². The second kappa shape index (κ2) is 5.04. The average Bonchev–Trinajstić information content (AvgIpc) is 2.80. The predicted molar refractivity (Wildman–Crippen MR) is 60.6 cm³/mol. The number of nitrogens with zero attached hydrogens (tertiary/aromatic N) is 4. The van der Waals surface area contributed by atoms with E-state index >= 15 is 0 Å². The number of fused-ring (bicyclic) bond motifs is 1. The van der Waals surface area contributed by atoms with Gasteiger partial charge in [-0.1, -0.05) is 0 Å². The van der Waals surface area contributed by atoms with Crippen molar-refractivity contribution in [3.63, 3.8) is 0 Å². The maximum absolute atomic E-state index is 12.7. The quantitative estimate of drug-likeness (QED) is 0.885. The maximum Gasteiger partial charge on any atom is 0.451 e. The molecule has 11 heteroatoms. The zero-order valence-corrected chi connectivity index (χ0v) is 10.5. The minimum Gasteiger partial charge on any atom is -0.357 e. The Bertz CT molecular complexity index is 631. The molecular formula is C10H9F6N5. The fraction of sp³-hybridized carbons (Fsp3) is 0.500.